The van der Waals surface area contributed by atoms with Gasteiger partial charge < -0.3 is 14.5 Å². The molecule has 0 aliphatic carbocycles. The van der Waals surface area contributed by atoms with Gasteiger partial charge in [0.25, 0.3) is 11.8 Å². The molecule has 2 aliphatic rings. The average molecular weight is 304 g/mol. The van der Waals surface area contributed by atoms with Crippen molar-refractivity contribution in [3.63, 3.8) is 0 Å². The van der Waals surface area contributed by atoms with Crippen molar-refractivity contribution in [1.29, 1.82) is 0 Å². The predicted octanol–water partition coefficient (Wildman–Crippen LogP) is 0.248. The van der Waals surface area contributed by atoms with E-state index in [2.05, 4.69) is 9.97 Å². The Morgan fingerprint density at radius 2 is 1.86 bits per heavy atom. The molecule has 0 radical (unpaired) electrons. The second-order valence-corrected chi connectivity index (χ2v) is 5.66. The van der Waals surface area contributed by atoms with Crippen LogP contribution in [-0.2, 0) is 9.53 Å². The topological polar surface area (TPSA) is 75.6 Å². The summed E-state index contributed by atoms with van der Waals surface area (Å²) in [7, 11) is 0. The van der Waals surface area contributed by atoms with Crippen LogP contribution in [0.3, 0.4) is 0 Å². The molecule has 2 saturated heterocycles. The van der Waals surface area contributed by atoms with E-state index in [0.29, 0.717) is 38.5 Å². The van der Waals surface area contributed by atoms with E-state index in [1.807, 2.05) is 6.92 Å². The van der Waals surface area contributed by atoms with Crippen molar-refractivity contribution in [3.05, 3.63) is 23.8 Å². The van der Waals surface area contributed by atoms with Crippen LogP contribution >= 0.6 is 0 Å². The standard InChI is InChI=1S/C15H20N4O3/c1-11-9-17-12(10-16-11)14(20)18-4-6-19(7-5-18)15(21)13-3-2-8-22-13/h9-10,13H,2-8H2,1H3. The first-order chi connectivity index (χ1) is 10.6. The van der Waals surface area contributed by atoms with Gasteiger partial charge in [0.05, 0.1) is 11.9 Å². The van der Waals surface area contributed by atoms with Gasteiger partial charge in [0, 0.05) is 39.0 Å². The second kappa shape index (κ2) is 6.39. The Kier molecular flexibility index (Phi) is 4.33. The molecular formula is C15H20N4O3. The largest absolute Gasteiger partial charge is 0.368 e. The highest BCUT2D eigenvalue weighted by Crippen LogP contribution is 2.16. The fourth-order valence-electron chi connectivity index (χ4n) is 2.77. The summed E-state index contributed by atoms with van der Waals surface area (Å²) < 4.78 is 5.43. The minimum atomic E-state index is -0.287. The van der Waals surface area contributed by atoms with Gasteiger partial charge in [0.1, 0.15) is 11.8 Å². The highest BCUT2D eigenvalue weighted by Gasteiger charge is 2.31. The second-order valence-electron chi connectivity index (χ2n) is 5.66. The Balaban J connectivity index is 1.56. The highest BCUT2D eigenvalue weighted by molar-refractivity contribution is 5.92. The number of amides is 2. The molecule has 7 heteroatoms. The molecule has 1 aromatic heterocycles. The van der Waals surface area contributed by atoms with Crippen LogP contribution < -0.4 is 0 Å². The first kappa shape index (κ1) is 14.9. The van der Waals surface area contributed by atoms with Gasteiger partial charge in [0.2, 0.25) is 0 Å². The molecule has 1 aromatic rings. The summed E-state index contributed by atoms with van der Waals surface area (Å²) in [5, 5.41) is 0. The molecule has 0 N–H and O–H groups in total. The zero-order chi connectivity index (χ0) is 15.5. The van der Waals surface area contributed by atoms with Gasteiger partial charge in [-0.25, -0.2) is 4.98 Å². The molecule has 1 unspecified atom stereocenters. The SMILES string of the molecule is Cc1cnc(C(=O)N2CCN(C(=O)C3CCCO3)CC2)cn1. The van der Waals surface area contributed by atoms with Crippen molar-refractivity contribution >= 4 is 11.8 Å². The van der Waals surface area contributed by atoms with Gasteiger partial charge in [0.15, 0.2) is 0 Å². The van der Waals surface area contributed by atoms with Crippen molar-refractivity contribution in [2.45, 2.75) is 25.9 Å². The molecular weight excluding hydrogens is 284 g/mol. The van der Waals surface area contributed by atoms with Crippen LogP contribution in [0, 0.1) is 6.92 Å². The number of aromatic nitrogens is 2. The van der Waals surface area contributed by atoms with E-state index in [1.54, 1.807) is 16.0 Å². The molecule has 2 aliphatic heterocycles. The minimum Gasteiger partial charge on any atom is -0.368 e. The van der Waals surface area contributed by atoms with Gasteiger partial charge in [-0.3, -0.25) is 14.6 Å². The van der Waals surface area contributed by atoms with E-state index in [1.165, 1.54) is 6.20 Å². The van der Waals surface area contributed by atoms with Crippen molar-refractivity contribution in [2.24, 2.45) is 0 Å². The quantitative estimate of drug-likeness (QED) is 0.783. The monoisotopic (exact) mass is 304 g/mol. The predicted molar refractivity (Wildman–Crippen MR) is 78.2 cm³/mol. The highest BCUT2D eigenvalue weighted by atomic mass is 16.5. The maximum absolute atomic E-state index is 12.3. The van der Waals surface area contributed by atoms with Gasteiger partial charge in [-0.05, 0) is 19.8 Å². The number of carbonyl (C=O) groups is 2. The lowest BCUT2D eigenvalue weighted by Crippen LogP contribution is -2.52. The number of nitrogens with zero attached hydrogens (tertiary/aromatic N) is 4. The summed E-state index contributed by atoms with van der Waals surface area (Å²) in [6.07, 6.45) is 4.55. The fraction of sp³-hybridized carbons (Fsp3) is 0.600. The van der Waals surface area contributed by atoms with Crippen molar-refractivity contribution < 1.29 is 14.3 Å². The Morgan fingerprint density at radius 1 is 1.14 bits per heavy atom. The molecule has 2 fully saturated rings. The van der Waals surface area contributed by atoms with E-state index in [0.717, 1.165) is 18.5 Å². The number of aryl methyl sites for hydroxylation is 1. The Labute approximate surface area is 129 Å². The molecule has 3 heterocycles. The maximum Gasteiger partial charge on any atom is 0.274 e. The zero-order valence-electron chi connectivity index (χ0n) is 12.7. The number of rotatable bonds is 2. The number of ether oxygens (including phenoxy) is 1. The van der Waals surface area contributed by atoms with Crippen LogP contribution in [0.2, 0.25) is 0 Å². The minimum absolute atomic E-state index is 0.0553. The Bertz CT molecular complexity index is 546. The summed E-state index contributed by atoms with van der Waals surface area (Å²) in [6, 6.07) is 0. The molecule has 0 saturated carbocycles. The van der Waals surface area contributed by atoms with Crippen molar-refractivity contribution in [3.8, 4) is 0 Å². The molecule has 3 rings (SSSR count). The fourth-order valence-corrected chi connectivity index (χ4v) is 2.77. The first-order valence-electron chi connectivity index (χ1n) is 7.63. The molecule has 2 amide bonds. The van der Waals surface area contributed by atoms with Gasteiger partial charge >= 0.3 is 0 Å². The zero-order valence-corrected chi connectivity index (χ0v) is 12.7. The third kappa shape index (κ3) is 3.09. The lowest BCUT2D eigenvalue weighted by Gasteiger charge is -2.35. The molecule has 0 aromatic carbocycles. The normalized spacial score (nSPS) is 22.0. The Morgan fingerprint density at radius 3 is 2.45 bits per heavy atom. The lowest BCUT2D eigenvalue weighted by atomic mass is 10.2. The van der Waals surface area contributed by atoms with Crippen LogP contribution in [0.15, 0.2) is 12.4 Å². The average Bonchev–Trinajstić information content (AvgIpc) is 3.09. The summed E-state index contributed by atoms with van der Waals surface area (Å²) in [6.45, 7) is 4.63. The molecule has 22 heavy (non-hydrogen) atoms. The van der Waals surface area contributed by atoms with E-state index < -0.39 is 0 Å². The summed E-state index contributed by atoms with van der Waals surface area (Å²) in [5.41, 5.74) is 1.13. The lowest BCUT2D eigenvalue weighted by molar-refractivity contribution is -0.142. The number of hydrogen-bond donors (Lipinski definition) is 0. The number of piperazine rings is 1. The first-order valence-corrected chi connectivity index (χ1v) is 7.63. The van der Waals surface area contributed by atoms with Crippen LogP contribution in [0.5, 0.6) is 0 Å². The summed E-state index contributed by atoms with van der Waals surface area (Å²) >= 11 is 0. The van der Waals surface area contributed by atoms with E-state index in [4.69, 9.17) is 4.74 Å². The Hall–Kier alpha value is -2.02. The third-order valence-corrected chi connectivity index (χ3v) is 4.08. The van der Waals surface area contributed by atoms with Crippen LogP contribution in [0.4, 0.5) is 0 Å². The molecule has 7 nitrogen and oxygen atoms in total. The smallest absolute Gasteiger partial charge is 0.274 e. The third-order valence-electron chi connectivity index (χ3n) is 4.08. The van der Waals surface area contributed by atoms with Gasteiger partial charge in [-0.15, -0.1) is 0 Å². The number of hydrogen-bond acceptors (Lipinski definition) is 5. The maximum atomic E-state index is 12.3. The van der Waals surface area contributed by atoms with E-state index >= 15 is 0 Å². The molecule has 118 valence electrons. The van der Waals surface area contributed by atoms with Crippen LogP contribution in [0.25, 0.3) is 0 Å². The summed E-state index contributed by atoms with van der Waals surface area (Å²) in [5.74, 6) is -0.0727. The molecule has 0 spiro atoms. The van der Waals surface area contributed by atoms with Crippen LogP contribution in [-0.4, -0.2) is 70.5 Å². The van der Waals surface area contributed by atoms with Gasteiger partial charge in [-0.1, -0.05) is 0 Å². The number of carbonyl (C=O) groups excluding carboxylic acids is 2. The molecule has 1 atom stereocenters. The summed E-state index contributed by atoms with van der Waals surface area (Å²) in [4.78, 5) is 36.3. The van der Waals surface area contributed by atoms with Gasteiger partial charge in [-0.2, -0.15) is 0 Å². The van der Waals surface area contributed by atoms with Crippen LogP contribution in [0.1, 0.15) is 29.0 Å². The van der Waals surface area contributed by atoms with E-state index in [-0.39, 0.29) is 17.9 Å². The van der Waals surface area contributed by atoms with Crippen molar-refractivity contribution in [2.75, 3.05) is 32.8 Å². The van der Waals surface area contributed by atoms with Crippen molar-refractivity contribution in [1.82, 2.24) is 19.8 Å². The molecule has 0 bridgehead atoms. The van der Waals surface area contributed by atoms with E-state index in [9.17, 15) is 9.59 Å².